The summed E-state index contributed by atoms with van der Waals surface area (Å²) in [5, 5.41) is 19.0. The number of piperidine rings is 1. The fourth-order valence-electron chi connectivity index (χ4n) is 5.44. The van der Waals surface area contributed by atoms with Crippen LogP contribution in [0, 0.1) is 0 Å². The lowest BCUT2D eigenvalue weighted by molar-refractivity contribution is -0.119. The quantitative estimate of drug-likeness (QED) is 0.416. The minimum Gasteiger partial charge on any atom is -0.494 e. The molecule has 1 saturated heterocycles. The normalized spacial score (nSPS) is 17.0. The number of likely N-dealkylation sites (tertiary alicyclic amines) is 1. The highest BCUT2D eigenvalue weighted by Crippen LogP contribution is 2.32. The van der Waals surface area contributed by atoms with Crippen molar-refractivity contribution < 1.29 is 24.5 Å². The number of aryl methyl sites for hydroxylation is 1. The van der Waals surface area contributed by atoms with Gasteiger partial charge in [0.25, 0.3) is 5.91 Å². The molecule has 1 atom stereocenters. The van der Waals surface area contributed by atoms with Crippen LogP contribution in [0.4, 0.5) is 5.69 Å². The number of likely N-dealkylation sites (N-methyl/N-ethyl adjacent to an activating group) is 1. The van der Waals surface area contributed by atoms with E-state index in [0.717, 1.165) is 43.5 Å². The zero-order valence-corrected chi connectivity index (χ0v) is 22.4. The van der Waals surface area contributed by atoms with Crippen LogP contribution in [0.25, 0.3) is 0 Å². The van der Waals surface area contributed by atoms with Gasteiger partial charge in [0, 0.05) is 49.9 Å². The monoisotopic (exact) mass is 523 g/mol. The van der Waals surface area contributed by atoms with E-state index in [2.05, 4.69) is 6.07 Å². The van der Waals surface area contributed by atoms with E-state index in [1.807, 2.05) is 64.2 Å². The van der Waals surface area contributed by atoms with Gasteiger partial charge in [-0.1, -0.05) is 18.2 Å². The van der Waals surface area contributed by atoms with Gasteiger partial charge in [0.2, 0.25) is 5.91 Å². The number of ether oxygens (including phenoxy) is 1. The van der Waals surface area contributed by atoms with E-state index in [1.165, 1.54) is 5.56 Å². The highest BCUT2D eigenvalue weighted by atomic mass is 16.5. The van der Waals surface area contributed by atoms with Crippen molar-refractivity contribution in [2.45, 2.75) is 57.1 Å². The molecule has 0 aliphatic carbocycles. The van der Waals surface area contributed by atoms with Crippen molar-refractivity contribution in [2.75, 3.05) is 51.3 Å². The number of unbranched alkanes of at least 4 members (excludes halogenated alkanes) is 1. The van der Waals surface area contributed by atoms with Crippen LogP contribution in [0.15, 0.2) is 48.5 Å². The first-order valence-corrected chi connectivity index (χ1v) is 13.9. The Morgan fingerprint density at radius 2 is 1.82 bits per heavy atom. The van der Waals surface area contributed by atoms with Crippen LogP contribution in [0.3, 0.4) is 0 Å². The van der Waals surface area contributed by atoms with Crippen molar-refractivity contribution in [3.63, 3.8) is 0 Å². The summed E-state index contributed by atoms with van der Waals surface area (Å²) in [6, 6.07) is 15.6. The van der Waals surface area contributed by atoms with E-state index >= 15 is 0 Å². The first-order chi connectivity index (χ1) is 18.5. The molecule has 2 N–H and O–H groups in total. The summed E-state index contributed by atoms with van der Waals surface area (Å²) >= 11 is 0. The van der Waals surface area contributed by atoms with Crippen LogP contribution in [-0.4, -0.2) is 90.4 Å². The molecule has 0 saturated carbocycles. The number of para-hydroxylation sites is 1. The molecule has 0 aromatic heterocycles. The Morgan fingerprint density at radius 3 is 2.55 bits per heavy atom. The largest absolute Gasteiger partial charge is 0.494 e. The maximum absolute atomic E-state index is 13.1. The van der Waals surface area contributed by atoms with Crippen molar-refractivity contribution >= 4 is 17.5 Å². The predicted octanol–water partition coefficient (Wildman–Crippen LogP) is 3.10. The number of amides is 2. The molecular weight excluding hydrogens is 482 g/mol. The topological polar surface area (TPSA) is 93.5 Å². The molecule has 206 valence electrons. The highest BCUT2D eigenvalue weighted by Gasteiger charge is 2.33. The zero-order chi connectivity index (χ0) is 26.9. The summed E-state index contributed by atoms with van der Waals surface area (Å²) in [4.78, 5) is 31.6. The molecule has 0 radical (unpaired) electrons. The lowest BCUT2D eigenvalue weighted by Gasteiger charge is -2.41. The molecule has 0 bridgehead atoms. The first kappa shape index (κ1) is 28.1. The minimum atomic E-state index is -0.405. The Hall–Kier alpha value is -2.94. The molecule has 2 aromatic rings. The Kier molecular flexibility index (Phi) is 10.1. The lowest BCUT2D eigenvalue weighted by Crippen LogP contribution is -2.50. The molecule has 1 fully saturated rings. The smallest absolute Gasteiger partial charge is 0.253 e. The molecule has 2 aliphatic rings. The number of aliphatic hydroxyl groups excluding tert-OH is 2. The van der Waals surface area contributed by atoms with Crippen LogP contribution in [-0.2, 0) is 11.2 Å². The molecule has 2 heterocycles. The Balaban J connectivity index is 1.19. The number of carbonyl (C=O) groups is 2. The molecule has 8 heteroatoms. The van der Waals surface area contributed by atoms with E-state index < -0.39 is 6.10 Å². The summed E-state index contributed by atoms with van der Waals surface area (Å²) < 4.78 is 5.82. The fraction of sp³-hybridized carbons (Fsp3) is 0.533. The van der Waals surface area contributed by atoms with Gasteiger partial charge in [0.05, 0.1) is 19.3 Å². The van der Waals surface area contributed by atoms with E-state index in [9.17, 15) is 14.7 Å². The molecular formula is C30H41N3O5. The van der Waals surface area contributed by atoms with Crippen LogP contribution < -0.4 is 9.64 Å². The second-order valence-corrected chi connectivity index (χ2v) is 10.4. The van der Waals surface area contributed by atoms with Crippen molar-refractivity contribution in [3.05, 3.63) is 59.7 Å². The maximum Gasteiger partial charge on any atom is 0.253 e. The van der Waals surface area contributed by atoms with Crippen molar-refractivity contribution in [3.8, 4) is 5.75 Å². The third-order valence-corrected chi connectivity index (χ3v) is 7.55. The molecule has 1 unspecified atom stereocenters. The van der Waals surface area contributed by atoms with Gasteiger partial charge in [-0.25, -0.2) is 0 Å². The summed E-state index contributed by atoms with van der Waals surface area (Å²) in [7, 11) is 1.88. The number of fused-ring (bicyclic) bond motifs is 1. The SMILES string of the molecule is CN(CCO)CC(O)CCCCOc1ccc(C(=O)N2CCC(N3C(=O)CCc4ccccc43)CC2)cc1. The number of carbonyl (C=O) groups excluding carboxylic acids is 2. The number of nitrogens with zero attached hydrogens (tertiary/aromatic N) is 3. The van der Waals surface area contributed by atoms with Gasteiger partial charge in [-0.05, 0) is 81.5 Å². The zero-order valence-electron chi connectivity index (χ0n) is 22.4. The van der Waals surface area contributed by atoms with Gasteiger partial charge in [-0.2, -0.15) is 0 Å². The molecule has 0 spiro atoms. The molecule has 2 amide bonds. The second kappa shape index (κ2) is 13.7. The van der Waals surface area contributed by atoms with Crippen molar-refractivity contribution in [1.29, 1.82) is 0 Å². The predicted molar refractivity (Wildman–Crippen MR) is 148 cm³/mol. The average Bonchev–Trinajstić information content (AvgIpc) is 2.93. The molecule has 2 aromatic carbocycles. The molecule has 8 nitrogen and oxygen atoms in total. The fourth-order valence-corrected chi connectivity index (χ4v) is 5.44. The number of hydrogen-bond donors (Lipinski definition) is 2. The third kappa shape index (κ3) is 7.34. The van der Waals surface area contributed by atoms with Crippen molar-refractivity contribution in [2.24, 2.45) is 0 Å². The molecule has 38 heavy (non-hydrogen) atoms. The Labute approximate surface area is 225 Å². The number of rotatable bonds is 12. The number of hydrogen-bond acceptors (Lipinski definition) is 6. The van der Waals surface area contributed by atoms with E-state index in [0.29, 0.717) is 51.2 Å². The van der Waals surface area contributed by atoms with E-state index in [1.54, 1.807) is 0 Å². The van der Waals surface area contributed by atoms with Crippen molar-refractivity contribution in [1.82, 2.24) is 9.80 Å². The van der Waals surface area contributed by atoms with Crippen LogP contribution in [0.5, 0.6) is 5.75 Å². The number of anilines is 1. The van der Waals surface area contributed by atoms with E-state index in [-0.39, 0.29) is 24.5 Å². The van der Waals surface area contributed by atoms with Gasteiger partial charge in [0.1, 0.15) is 5.75 Å². The van der Waals surface area contributed by atoms with Gasteiger partial charge in [-0.15, -0.1) is 0 Å². The minimum absolute atomic E-state index is 0.0144. The average molecular weight is 524 g/mol. The van der Waals surface area contributed by atoms with Gasteiger partial charge in [0.15, 0.2) is 0 Å². The highest BCUT2D eigenvalue weighted by molar-refractivity contribution is 5.97. The molecule has 2 aliphatic heterocycles. The summed E-state index contributed by atoms with van der Waals surface area (Å²) in [5.74, 6) is 0.928. The Bertz CT molecular complexity index is 1050. The first-order valence-electron chi connectivity index (χ1n) is 13.9. The van der Waals surface area contributed by atoms with Crippen LogP contribution >= 0.6 is 0 Å². The van der Waals surface area contributed by atoms with E-state index in [4.69, 9.17) is 9.84 Å². The van der Waals surface area contributed by atoms with Crippen LogP contribution in [0.1, 0.15) is 54.4 Å². The van der Waals surface area contributed by atoms with Gasteiger partial charge in [-0.3, -0.25) is 9.59 Å². The second-order valence-electron chi connectivity index (χ2n) is 10.4. The molecule has 4 rings (SSSR count). The number of aliphatic hydroxyl groups is 2. The van der Waals surface area contributed by atoms with Gasteiger partial charge < -0.3 is 29.6 Å². The standard InChI is InChI=1S/C30H41N3O5/c1-31(19-20-34)22-26(35)7-4-5-21-38-27-12-9-24(10-13-27)30(37)32-17-15-25(16-18-32)33-28-8-3-2-6-23(28)11-14-29(33)36/h2-3,6,8-10,12-13,25-26,34-35H,4-5,7,11,14-22H2,1H3. The summed E-state index contributed by atoms with van der Waals surface area (Å²) in [5.41, 5.74) is 2.91. The summed E-state index contributed by atoms with van der Waals surface area (Å²) in [6.07, 6.45) is 4.89. The summed E-state index contributed by atoms with van der Waals surface area (Å²) in [6.45, 7) is 3.03. The number of benzene rings is 2. The van der Waals surface area contributed by atoms with Gasteiger partial charge >= 0.3 is 0 Å². The maximum atomic E-state index is 13.1. The third-order valence-electron chi connectivity index (χ3n) is 7.55. The lowest BCUT2D eigenvalue weighted by atomic mass is 9.95. The van der Waals surface area contributed by atoms with Crippen LogP contribution in [0.2, 0.25) is 0 Å². The Morgan fingerprint density at radius 1 is 1.08 bits per heavy atom.